The molecule has 1 fully saturated rings. The van der Waals surface area contributed by atoms with Crippen LogP contribution in [0, 0.1) is 6.92 Å². The summed E-state index contributed by atoms with van der Waals surface area (Å²) in [5.74, 6) is 0.933. The molecule has 5 nitrogen and oxygen atoms in total. The van der Waals surface area contributed by atoms with Crippen LogP contribution in [0.15, 0.2) is 48.5 Å². The fraction of sp³-hybridized carbons (Fsp3) is 0.458. The average Bonchev–Trinajstić information content (AvgIpc) is 2.77. The molecule has 2 aromatic carbocycles. The molecule has 162 valence electrons. The molecule has 2 N–H and O–H groups in total. The zero-order chi connectivity index (χ0) is 21.2. The lowest BCUT2D eigenvalue weighted by Crippen LogP contribution is -3.14. The number of nitrogens with zero attached hydrogens (tertiary/aromatic N) is 1. The van der Waals surface area contributed by atoms with Crippen molar-refractivity contribution in [3.05, 3.63) is 59.7 Å². The molecular weight excluding hydrogens is 394 g/mol. The Morgan fingerprint density at radius 1 is 1.13 bits per heavy atom. The number of benzene rings is 2. The molecule has 30 heavy (non-hydrogen) atoms. The molecule has 1 heterocycles. The van der Waals surface area contributed by atoms with Crippen LogP contribution in [0.5, 0.6) is 5.75 Å². The first-order valence-corrected chi connectivity index (χ1v) is 11.3. The lowest BCUT2D eigenvalue weighted by molar-refractivity contribution is -0.908. The topological polar surface area (TPSA) is 38.2 Å². The molecule has 3 rings (SSSR count). The Labute approximate surface area is 186 Å². The largest absolute Gasteiger partial charge is 0.494 e. The minimum Gasteiger partial charge on any atom is -0.494 e. The highest BCUT2D eigenvalue weighted by molar-refractivity contribution is 7.80. The molecule has 2 aromatic rings. The van der Waals surface area contributed by atoms with Gasteiger partial charge in [-0.25, -0.2) is 0 Å². The Bertz CT molecular complexity index is 809. The second-order valence-electron chi connectivity index (χ2n) is 7.67. The van der Waals surface area contributed by atoms with Crippen LogP contribution in [-0.2, 0) is 11.3 Å². The van der Waals surface area contributed by atoms with Gasteiger partial charge in [0.15, 0.2) is 5.11 Å². The Hall–Kier alpha value is -2.15. The molecule has 6 heteroatoms. The van der Waals surface area contributed by atoms with Gasteiger partial charge in [0.2, 0.25) is 0 Å². The summed E-state index contributed by atoms with van der Waals surface area (Å²) in [7, 11) is 0. The summed E-state index contributed by atoms with van der Waals surface area (Å²) < 4.78 is 11.3. The zero-order valence-electron chi connectivity index (χ0n) is 18.2. The molecule has 0 unspecified atom stereocenters. The number of nitrogens with one attached hydrogen (secondary N) is 2. The van der Waals surface area contributed by atoms with Crippen LogP contribution >= 0.6 is 12.2 Å². The van der Waals surface area contributed by atoms with Crippen LogP contribution in [-0.4, -0.2) is 56.0 Å². The standard InChI is InChI=1S/C24H33N3O2S/c1-3-29-23-12-7-5-10-21(23)19-27(14-8-13-26-15-17-28-18-16-26)24(30)25-22-11-6-4-9-20(22)2/h4-7,9-12H,3,8,13-19H2,1-2H3,(H,25,30)/p+1. The number of quaternary nitrogens is 1. The second kappa shape index (κ2) is 11.9. The van der Waals surface area contributed by atoms with Crippen LogP contribution in [0.25, 0.3) is 0 Å². The molecule has 0 saturated carbocycles. The van der Waals surface area contributed by atoms with Crippen LogP contribution < -0.4 is 15.0 Å². The minimum absolute atomic E-state index is 0.656. The lowest BCUT2D eigenvalue weighted by atomic mass is 10.2. The molecule has 0 amide bonds. The Morgan fingerprint density at radius 3 is 2.63 bits per heavy atom. The van der Waals surface area contributed by atoms with Gasteiger partial charge in [-0.2, -0.15) is 0 Å². The predicted octanol–water partition coefficient (Wildman–Crippen LogP) is 2.90. The summed E-state index contributed by atoms with van der Waals surface area (Å²) in [6.45, 7) is 11.5. The summed E-state index contributed by atoms with van der Waals surface area (Å²) in [5.41, 5.74) is 3.41. The van der Waals surface area contributed by atoms with E-state index < -0.39 is 0 Å². The van der Waals surface area contributed by atoms with Gasteiger partial charge < -0.3 is 24.6 Å². The van der Waals surface area contributed by atoms with E-state index in [1.165, 1.54) is 5.56 Å². The maximum absolute atomic E-state index is 5.85. The predicted molar refractivity (Wildman–Crippen MR) is 126 cm³/mol. The number of morpholine rings is 1. The molecule has 1 aliphatic heterocycles. The Balaban J connectivity index is 1.68. The summed E-state index contributed by atoms with van der Waals surface area (Å²) in [6.07, 6.45) is 1.09. The zero-order valence-corrected chi connectivity index (χ0v) is 19.0. The molecule has 0 aromatic heterocycles. The van der Waals surface area contributed by atoms with Gasteiger partial charge in [0, 0.05) is 30.8 Å². The number of hydrogen-bond acceptors (Lipinski definition) is 3. The number of anilines is 1. The van der Waals surface area contributed by atoms with Crippen molar-refractivity contribution in [1.29, 1.82) is 0 Å². The monoisotopic (exact) mass is 428 g/mol. The highest BCUT2D eigenvalue weighted by atomic mass is 32.1. The van der Waals surface area contributed by atoms with E-state index in [0.717, 1.165) is 74.5 Å². The fourth-order valence-electron chi connectivity index (χ4n) is 3.73. The van der Waals surface area contributed by atoms with Crippen molar-refractivity contribution in [3.8, 4) is 5.75 Å². The number of thiocarbonyl (C=S) groups is 1. The molecular formula is C24H34N3O2S+. The van der Waals surface area contributed by atoms with Crippen molar-refractivity contribution in [3.63, 3.8) is 0 Å². The minimum atomic E-state index is 0.656. The number of hydrogen-bond donors (Lipinski definition) is 2. The molecule has 1 saturated heterocycles. The number of rotatable bonds is 9. The Kier molecular flexibility index (Phi) is 8.93. The van der Waals surface area contributed by atoms with Gasteiger partial charge in [-0.15, -0.1) is 0 Å². The smallest absolute Gasteiger partial charge is 0.173 e. The summed E-state index contributed by atoms with van der Waals surface area (Å²) >= 11 is 5.84. The molecule has 0 bridgehead atoms. The van der Waals surface area contributed by atoms with Gasteiger partial charge in [-0.05, 0) is 43.8 Å². The molecule has 0 aliphatic carbocycles. The first kappa shape index (κ1) is 22.5. The number of aryl methyl sites for hydroxylation is 1. The van der Waals surface area contributed by atoms with E-state index >= 15 is 0 Å². The quantitative estimate of drug-likeness (QED) is 0.601. The lowest BCUT2D eigenvalue weighted by Gasteiger charge is -2.29. The summed E-state index contributed by atoms with van der Waals surface area (Å²) in [4.78, 5) is 3.88. The summed E-state index contributed by atoms with van der Waals surface area (Å²) in [5, 5.41) is 4.22. The highest BCUT2D eigenvalue weighted by Gasteiger charge is 2.17. The maximum Gasteiger partial charge on any atom is 0.173 e. The molecule has 1 aliphatic rings. The number of para-hydroxylation sites is 2. The highest BCUT2D eigenvalue weighted by Crippen LogP contribution is 2.21. The first-order valence-electron chi connectivity index (χ1n) is 10.9. The maximum atomic E-state index is 5.85. The third kappa shape index (κ3) is 6.69. The van der Waals surface area contributed by atoms with Gasteiger partial charge in [-0.1, -0.05) is 36.4 Å². The van der Waals surface area contributed by atoms with Crippen molar-refractivity contribution in [2.45, 2.75) is 26.8 Å². The van der Waals surface area contributed by atoms with E-state index in [4.69, 9.17) is 21.7 Å². The normalized spacial score (nSPS) is 14.3. The van der Waals surface area contributed by atoms with E-state index in [9.17, 15) is 0 Å². The van der Waals surface area contributed by atoms with Crippen LogP contribution in [0.2, 0.25) is 0 Å². The van der Waals surface area contributed by atoms with Gasteiger partial charge in [0.05, 0.1) is 26.4 Å². The van der Waals surface area contributed by atoms with Crippen molar-refractivity contribution >= 4 is 23.0 Å². The number of ether oxygens (including phenoxy) is 2. The fourth-order valence-corrected chi connectivity index (χ4v) is 3.99. The third-order valence-electron chi connectivity index (χ3n) is 5.47. The average molecular weight is 429 g/mol. The first-order chi connectivity index (χ1) is 14.7. The Morgan fingerprint density at radius 2 is 1.87 bits per heavy atom. The van der Waals surface area contributed by atoms with Crippen LogP contribution in [0.3, 0.4) is 0 Å². The second-order valence-corrected chi connectivity index (χ2v) is 8.06. The third-order valence-corrected chi connectivity index (χ3v) is 5.83. The van der Waals surface area contributed by atoms with E-state index in [1.807, 2.05) is 31.2 Å². The van der Waals surface area contributed by atoms with Crippen molar-refractivity contribution < 1.29 is 14.4 Å². The van der Waals surface area contributed by atoms with Gasteiger partial charge >= 0.3 is 0 Å². The van der Waals surface area contributed by atoms with Crippen LogP contribution in [0.4, 0.5) is 5.69 Å². The van der Waals surface area contributed by atoms with Gasteiger partial charge in [0.1, 0.15) is 18.8 Å². The molecule has 0 spiro atoms. The van der Waals surface area contributed by atoms with E-state index in [1.54, 1.807) is 4.90 Å². The van der Waals surface area contributed by atoms with Gasteiger partial charge in [0.25, 0.3) is 0 Å². The van der Waals surface area contributed by atoms with Crippen molar-refractivity contribution in [2.75, 3.05) is 51.3 Å². The summed E-state index contributed by atoms with van der Waals surface area (Å²) in [6, 6.07) is 16.5. The molecule has 0 atom stereocenters. The van der Waals surface area contributed by atoms with Crippen molar-refractivity contribution in [2.24, 2.45) is 0 Å². The van der Waals surface area contributed by atoms with E-state index in [-0.39, 0.29) is 0 Å². The van der Waals surface area contributed by atoms with Crippen LogP contribution in [0.1, 0.15) is 24.5 Å². The SMILES string of the molecule is CCOc1ccccc1CN(CCC[NH+]1CCOCC1)C(=S)Nc1ccccc1C. The van der Waals surface area contributed by atoms with E-state index in [0.29, 0.717) is 6.61 Å². The van der Waals surface area contributed by atoms with Crippen molar-refractivity contribution in [1.82, 2.24) is 4.90 Å². The molecule has 0 radical (unpaired) electrons. The van der Waals surface area contributed by atoms with Gasteiger partial charge in [-0.3, -0.25) is 0 Å². The van der Waals surface area contributed by atoms with E-state index in [2.05, 4.69) is 41.4 Å².